The van der Waals surface area contributed by atoms with Crippen molar-refractivity contribution in [2.45, 2.75) is 13.3 Å². The third-order valence-electron chi connectivity index (χ3n) is 3.35. The molecule has 0 spiro atoms. The summed E-state index contributed by atoms with van der Waals surface area (Å²) in [5.41, 5.74) is 2.82. The van der Waals surface area contributed by atoms with Crippen molar-refractivity contribution in [1.82, 2.24) is 19.5 Å². The Bertz CT molecular complexity index is 733. The van der Waals surface area contributed by atoms with E-state index in [4.69, 9.17) is 0 Å². The van der Waals surface area contributed by atoms with Crippen LogP contribution in [0, 0.1) is 0 Å². The van der Waals surface area contributed by atoms with Gasteiger partial charge in [-0.25, -0.2) is 15.0 Å². The Morgan fingerprint density at radius 2 is 1.90 bits per heavy atom. The Labute approximate surface area is 123 Å². The summed E-state index contributed by atoms with van der Waals surface area (Å²) in [5.74, 6) is 1.62. The van der Waals surface area contributed by atoms with Crippen LogP contribution in [-0.2, 0) is 13.5 Å². The van der Waals surface area contributed by atoms with E-state index in [0.29, 0.717) is 5.95 Å². The molecular formula is C16H17N5. The monoisotopic (exact) mass is 279 g/mol. The molecule has 2 aromatic heterocycles. The topological polar surface area (TPSA) is 55.6 Å². The van der Waals surface area contributed by atoms with Gasteiger partial charge in [-0.3, -0.25) is 0 Å². The molecule has 0 atom stereocenters. The molecule has 2 heterocycles. The molecule has 0 bridgehead atoms. The number of anilines is 2. The number of aromatic nitrogens is 4. The van der Waals surface area contributed by atoms with Crippen molar-refractivity contribution in [3.8, 4) is 11.4 Å². The van der Waals surface area contributed by atoms with Crippen molar-refractivity contribution in [3.05, 3.63) is 54.6 Å². The van der Waals surface area contributed by atoms with Gasteiger partial charge in [-0.15, -0.1) is 0 Å². The Balaban J connectivity index is 1.91. The van der Waals surface area contributed by atoms with E-state index in [1.54, 1.807) is 6.20 Å². The standard InChI is InChI=1S/C16H17N5/c1-3-15-18-11-14(21(15)2)13-9-10-17-16(20-13)19-12-7-5-4-6-8-12/h4-11H,3H2,1-2H3,(H,17,19,20). The highest BCUT2D eigenvalue weighted by Gasteiger charge is 2.09. The zero-order chi connectivity index (χ0) is 14.7. The maximum atomic E-state index is 4.56. The molecule has 0 aliphatic rings. The zero-order valence-electron chi connectivity index (χ0n) is 12.1. The van der Waals surface area contributed by atoms with Crippen LogP contribution in [0.3, 0.4) is 0 Å². The lowest BCUT2D eigenvalue weighted by Gasteiger charge is -2.07. The van der Waals surface area contributed by atoms with Gasteiger partial charge in [-0.2, -0.15) is 0 Å². The summed E-state index contributed by atoms with van der Waals surface area (Å²) in [6.45, 7) is 2.09. The minimum Gasteiger partial charge on any atom is -0.330 e. The number of hydrogen-bond donors (Lipinski definition) is 1. The molecule has 0 aliphatic carbocycles. The molecule has 0 saturated heterocycles. The summed E-state index contributed by atoms with van der Waals surface area (Å²) >= 11 is 0. The Morgan fingerprint density at radius 3 is 2.62 bits per heavy atom. The molecule has 0 amide bonds. The van der Waals surface area contributed by atoms with Crippen LogP contribution in [0.4, 0.5) is 11.6 Å². The second kappa shape index (κ2) is 5.75. The molecule has 1 N–H and O–H groups in total. The second-order valence-electron chi connectivity index (χ2n) is 4.73. The van der Waals surface area contributed by atoms with Crippen molar-refractivity contribution in [3.63, 3.8) is 0 Å². The molecule has 106 valence electrons. The summed E-state index contributed by atoms with van der Waals surface area (Å²) in [4.78, 5) is 13.2. The van der Waals surface area contributed by atoms with Crippen molar-refractivity contribution in [2.24, 2.45) is 7.05 Å². The number of aryl methyl sites for hydroxylation is 1. The van der Waals surface area contributed by atoms with E-state index in [1.165, 1.54) is 0 Å². The van der Waals surface area contributed by atoms with E-state index in [2.05, 4.69) is 31.8 Å². The number of nitrogens with zero attached hydrogens (tertiary/aromatic N) is 4. The highest BCUT2D eigenvalue weighted by atomic mass is 15.1. The molecule has 0 aliphatic heterocycles. The largest absolute Gasteiger partial charge is 0.330 e. The van der Waals surface area contributed by atoms with Gasteiger partial charge < -0.3 is 9.88 Å². The van der Waals surface area contributed by atoms with Gasteiger partial charge in [0, 0.05) is 25.4 Å². The number of imidazole rings is 1. The fourth-order valence-corrected chi connectivity index (χ4v) is 2.23. The van der Waals surface area contributed by atoms with Crippen LogP contribution in [0.25, 0.3) is 11.4 Å². The summed E-state index contributed by atoms with van der Waals surface area (Å²) in [6.07, 6.45) is 4.51. The van der Waals surface area contributed by atoms with Gasteiger partial charge in [0.1, 0.15) is 5.82 Å². The summed E-state index contributed by atoms with van der Waals surface area (Å²) in [6, 6.07) is 11.8. The number of nitrogens with one attached hydrogen (secondary N) is 1. The van der Waals surface area contributed by atoms with Crippen molar-refractivity contribution in [1.29, 1.82) is 0 Å². The molecule has 3 rings (SSSR count). The maximum Gasteiger partial charge on any atom is 0.227 e. The minimum atomic E-state index is 0.581. The van der Waals surface area contributed by atoms with Crippen LogP contribution in [-0.4, -0.2) is 19.5 Å². The number of hydrogen-bond acceptors (Lipinski definition) is 4. The van der Waals surface area contributed by atoms with E-state index in [1.807, 2.05) is 49.6 Å². The van der Waals surface area contributed by atoms with Crippen molar-refractivity contribution in [2.75, 3.05) is 5.32 Å². The molecule has 0 saturated carbocycles. The van der Waals surface area contributed by atoms with Crippen LogP contribution < -0.4 is 5.32 Å². The molecule has 0 unspecified atom stereocenters. The van der Waals surface area contributed by atoms with Crippen LogP contribution in [0.2, 0.25) is 0 Å². The first-order chi connectivity index (χ1) is 10.3. The van der Waals surface area contributed by atoms with Gasteiger partial charge in [0.15, 0.2) is 0 Å². The van der Waals surface area contributed by atoms with Crippen LogP contribution >= 0.6 is 0 Å². The lowest BCUT2D eigenvalue weighted by molar-refractivity contribution is 0.811. The minimum absolute atomic E-state index is 0.581. The molecular weight excluding hydrogens is 262 g/mol. The molecule has 0 fully saturated rings. The highest BCUT2D eigenvalue weighted by molar-refractivity contribution is 5.59. The fraction of sp³-hybridized carbons (Fsp3) is 0.188. The lowest BCUT2D eigenvalue weighted by Crippen LogP contribution is -2.01. The average molecular weight is 279 g/mol. The molecule has 3 aromatic rings. The second-order valence-corrected chi connectivity index (χ2v) is 4.73. The third kappa shape index (κ3) is 2.76. The van der Waals surface area contributed by atoms with Crippen LogP contribution in [0.1, 0.15) is 12.7 Å². The smallest absolute Gasteiger partial charge is 0.227 e. The third-order valence-corrected chi connectivity index (χ3v) is 3.35. The SMILES string of the molecule is CCc1ncc(-c2ccnc(Nc3ccccc3)n2)n1C. The van der Waals surface area contributed by atoms with Gasteiger partial charge in [0.25, 0.3) is 0 Å². The number of benzene rings is 1. The Kier molecular flexibility index (Phi) is 3.64. The predicted molar refractivity (Wildman–Crippen MR) is 83.3 cm³/mol. The van der Waals surface area contributed by atoms with E-state index in [-0.39, 0.29) is 0 Å². The maximum absolute atomic E-state index is 4.56. The summed E-state index contributed by atoms with van der Waals surface area (Å²) < 4.78 is 2.06. The van der Waals surface area contributed by atoms with Gasteiger partial charge in [-0.1, -0.05) is 25.1 Å². The van der Waals surface area contributed by atoms with E-state index in [9.17, 15) is 0 Å². The normalized spacial score (nSPS) is 10.6. The quantitative estimate of drug-likeness (QED) is 0.797. The molecule has 1 aromatic carbocycles. The average Bonchev–Trinajstić information content (AvgIpc) is 2.89. The summed E-state index contributed by atoms with van der Waals surface area (Å²) in [5, 5.41) is 3.20. The van der Waals surface area contributed by atoms with Gasteiger partial charge in [-0.05, 0) is 18.2 Å². The first kappa shape index (κ1) is 13.3. The van der Waals surface area contributed by atoms with Crippen LogP contribution in [0.5, 0.6) is 0 Å². The van der Waals surface area contributed by atoms with E-state index < -0.39 is 0 Å². The fourth-order valence-electron chi connectivity index (χ4n) is 2.23. The zero-order valence-corrected chi connectivity index (χ0v) is 12.1. The van der Waals surface area contributed by atoms with Crippen molar-refractivity contribution < 1.29 is 0 Å². The van der Waals surface area contributed by atoms with E-state index in [0.717, 1.165) is 29.3 Å². The van der Waals surface area contributed by atoms with Gasteiger partial charge in [0.2, 0.25) is 5.95 Å². The molecule has 5 nitrogen and oxygen atoms in total. The van der Waals surface area contributed by atoms with Gasteiger partial charge >= 0.3 is 0 Å². The summed E-state index contributed by atoms with van der Waals surface area (Å²) in [7, 11) is 2.01. The first-order valence-corrected chi connectivity index (χ1v) is 6.94. The predicted octanol–water partition coefficient (Wildman–Crippen LogP) is 3.18. The Morgan fingerprint density at radius 1 is 1.10 bits per heavy atom. The lowest BCUT2D eigenvalue weighted by atomic mass is 10.3. The van der Waals surface area contributed by atoms with Crippen LogP contribution in [0.15, 0.2) is 48.8 Å². The molecule has 21 heavy (non-hydrogen) atoms. The Hall–Kier alpha value is -2.69. The van der Waals surface area contributed by atoms with Gasteiger partial charge in [0.05, 0.1) is 17.6 Å². The number of para-hydroxylation sites is 1. The number of rotatable bonds is 4. The van der Waals surface area contributed by atoms with E-state index >= 15 is 0 Å². The first-order valence-electron chi connectivity index (χ1n) is 6.94. The highest BCUT2D eigenvalue weighted by Crippen LogP contribution is 2.20. The molecule has 5 heteroatoms. The van der Waals surface area contributed by atoms with Crippen molar-refractivity contribution >= 4 is 11.6 Å². The molecule has 0 radical (unpaired) electrons.